The molecular formula is C44H71NO12. The van der Waals surface area contributed by atoms with Crippen LogP contribution in [0, 0.1) is 29.6 Å². The summed E-state index contributed by atoms with van der Waals surface area (Å²) in [5, 5.41) is 46.0. The molecule has 13 heteroatoms. The molecule has 2 bridgehead atoms. The number of piperidine rings is 1. The fourth-order valence-electron chi connectivity index (χ4n) is 9.57. The number of cyclic esters (lactones) is 1. The number of allylic oxidation sites excluding steroid dienone is 4. The van der Waals surface area contributed by atoms with Crippen molar-refractivity contribution in [3.8, 4) is 0 Å². The van der Waals surface area contributed by atoms with E-state index in [2.05, 4.69) is 13.5 Å². The molecule has 4 N–H and O–H groups in total. The number of ether oxygens (including phenoxy) is 5. The van der Waals surface area contributed by atoms with Gasteiger partial charge >= 0.3 is 5.97 Å². The van der Waals surface area contributed by atoms with Crippen LogP contribution in [0.15, 0.2) is 36.0 Å². The predicted octanol–water partition coefficient (Wildman–Crippen LogP) is 4.43. The Morgan fingerprint density at radius 2 is 1.60 bits per heavy atom. The Bertz CT molecular complexity index is 1430. The first-order valence-corrected chi connectivity index (χ1v) is 21.0. The van der Waals surface area contributed by atoms with Crippen molar-refractivity contribution in [1.82, 2.24) is 4.90 Å². The summed E-state index contributed by atoms with van der Waals surface area (Å²) in [6.07, 6.45) is 3.39. The highest BCUT2D eigenvalue weighted by Crippen LogP contribution is 2.40. The number of fused-ring (bicyclic) bond motifs is 3. The third-order valence-electron chi connectivity index (χ3n) is 13.0. The van der Waals surface area contributed by atoms with E-state index in [-0.39, 0.29) is 49.5 Å². The van der Waals surface area contributed by atoms with E-state index in [1.807, 2.05) is 26.0 Å². The third kappa shape index (κ3) is 11.4. The number of esters is 1. The van der Waals surface area contributed by atoms with Crippen LogP contribution in [-0.4, -0.2) is 132 Å². The third-order valence-corrected chi connectivity index (χ3v) is 13.0. The summed E-state index contributed by atoms with van der Waals surface area (Å²) in [7, 11) is 4.66. The van der Waals surface area contributed by atoms with Crippen molar-refractivity contribution in [2.45, 2.75) is 166 Å². The highest BCUT2D eigenvalue weighted by molar-refractivity contribution is 5.88. The van der Waals surface area contributed by atoms with Gasteiger partial charge in [-0.1, -0.05) is 44.6 Å². The van der Waals surface area contributed by atoms with Crippen LogP contribution in [0.3, 0.4) is 0 Å². The summed E-state index contributed by atoms with van der Waals surface area (Å²) in [5.74, 6) is -5.99. The highest BCUT2D eigenvalue weighted by atomic mass is 16.7. The van der Waals surface area contributed by atoms with Crippen molar-refractivity contribution in [2.24, 2.45) is 29.6 Å². The number of nitrogens with zero attached hydrogens (tertiary/aromatic N) is 1. The molecule has 4 aliphatic rings. The molecule has 1 amide bonds. The lowest BCUT2D eigenvalue weighted by Crippen LogP contribution is -2.66. The summed E-state index contributed by atoms with van der Waals surface area (Å²) in [6, 6.07) is -1.08. The zero-order valence-electron chi connectivity index (χ0n) is 35.5. The Kier molecular flexibility index (Phi) is 17.5. The molecule has 3 fully saturated rings. The van der Waals surface area contributed by atoms with Gasteiger partial charge in [0.25, 0.3) is 5.91 Å². The predicted molar refractivity (Wildman–Crippen MR) is 214 cm³/mol. The van der Waals surface area contributed by atoms with E-state index >= 15 is 0 Å². The number of carbonyl (C=O) groups excluding carboxylic acids is 3. The average molecular weight is 806 g/mol. The van der Waals surface area contributed by atoms with Crippen LogP contribution >= 0.6 is 0 Å². The molecule has 15 atom stereocenters. The fraction of sp³-hybridized carbons (Fsp3) is 0.795. The van der Waals surface area contributed by atoms with Gasteiger partial charge in [-0.2, -0.15) is 0 Å². The van der Waals surface area contributed by atoms with Crippen LogP contribution in [0.25, 0.3) is 0 Å². The van der Waals surface area contributed by atoms with E-state index in [1.165, 1.54) is 4.90 Å². The number of amides is 1. The van der Waals surface area contributed by atoms with Gasteiger partial charge in [-0.15, -0.1) is 6.58 Å². The lowest BCUT2D eigenvalue weighted by molar-refractivity contribution is -0.346. The molecule has 1 aliphatic carbocycles. The van der Waals surface area contributed by atoms with E-state index < -0.39 is 84.2 Å². The lowest BCUT2D eigenvalue weighted by Gasteiger charge is -2.49. The van der Waals surface area contributed by atoms with Gasteiger partial charge in [-0.3, -0.25) is 9.59 Å². The average Bonchev–Trinajstić information content (AvgIpc) is 3.18. The van der Waals surface area contributed by atoms with Crippen molar-refractivity contribution in [3.63, 3.8) is 0 Å². The van der Waals surface area contributed by atoms with E-state index in [9.17, 15) is 34.8 Å². The number of hydrogen-bond donors (Lipinski definition) is 4. The van der Waals surface area contributed by atoms with Crippen molar-refractivity contribution in [3.05, 3.63) is 36.0 Å². The molecule has 4 rings (SSSR count). The standard InChI is InChI=1S/C44H71NO12/c1-10-13-31-19-25(2)18-26(3)20-37(54-8)40-38(55-9)22-28(5)44(52,57-40)41(49)42(50)45-17-12-11-14-32(45)43(51)56-39(29(6)34(47)24-35(31)48)27(4)21-30-15-16-33(46)36(23-30)53-7/h10,19,21,26,28-34,36-41,46-47,49,52H,1,11-18,20,22-24H2,2-9H3/b25-19+,27-21+/t26-,28+,29+,30-,31+,32-,33+,34-,36+,37-,38-,39+,40+,41?,44+/m0/s1. The normalized spacial score (nSPS) is 42.2. The Labute approximate surface area is 339 Å². The zero-order chi connectivity index (χ0) is 42.2. The largest absolute Gasteiger partial charge is 0.456 e. The number of ketones is 1. The van der Waals surface area contributed by atoms with Gasteiger partial charge in [0.1, 0.15) is 24.0 Å². The summed E-state index contributed by atoms with van der Waals surface area (Å²) in [4.78, 5) is 43.8. The minimum absolute atomic E-state index is 0.000937. The molecule has 1 saturated carbocycles. The summed E-state index contributed by atoms with van der Waals surface area (Å²) >= 11 is 0. The minimum Gasteiger partial charge on any atom is -0.456 e. The van der Waals surface area contributed by atoms with Crippen LogP contribution in [0.1, 0.15) is 105 Å². The molecule has 324 valence electrons. The molecule has 1 unspecified atom stereocenters. The second-order valence-electron chi connectivity index (χ2n) is 17.4. The Morgan fingerprint density at radius 1 is 0.930 bits per heavy atom. The SMILES string of the molecule is C=CC[C@@H]1/C=C(\C)C[C@H](C)C[C@H](OC)[C@H]2O[C@@](O)(C(O)C(=O)N3CCCC[C@H]3C(=O)O[C@H](/C(C)=C/[C@@H]3CC[C@@H](O)[C@H](OC)C3)[C@H](C)[C@@H](O)CC1=O)[C@H](C)C[C@@H]2OC. The molecule has 2 saturated heterocycles. The molecular weight excluding hydrogens is 734 g/mol. The molecule has 13 nitrogen and oxygen atoms in total. The summed E-state index contributed by atoms with van der Waals surface area (Å²) in [5.41, 5.74) is 1.64. The number of hydrogen-bond acceptors (Lipinski definition) is 12. The van der Waals surface area contributed by atoms with Crippen LogP contribution in [-0.2, 0) is 38.1 Å². The van der Waals surface area contributed by atoms with Crippen molar-refractivity contribution in [1.29, 1.82) is 0 Å². The quantitative estimate of drug-likeness (QED) is 0.210. The van der Waals surface area contributed by atoms with Crippen LogP contribution in [0.5, 0.6) is 0 Å². The number of rotatable bonds is 7. The molecule has 3 heterocycles. The molecule has 0 spiro atoms. The fourth-order valence-corrected chi connectivity index (χ4v) is 9.57. The van der Waals surface area contributed by atoms with Crippen LogP contribution in [0.2, 0.25) is 0 Å². The maximum absolute atomic E-state index is 14.3. The second kappa shape index (κ2) is 21.2. The Morgan fingerprint density at radius 3 is 2.25 bits per heavy atom. The van der Waals surface area contributed by atoms with E-state index in [1.54, 1.807) is 41.3 Å². The highest BCUT2D eigenvalue weighted by Gasteiger charge is 2.56. The molecule has 0 radical (unpaired) electrons. The van der Waals surface area contributed by atoms with E-state index in [0.29, 0.717) is 56.9 Å². The zero-order valence-corrected chi connectivity index (χ0v) is 35.5. The number of methoxy groups -OCH3 is 3. The summed E-state index contributed by atoms with van der Waals surface area (Å²) < 4.78 is 29.9. The maximum atomic E-state index is 14.3. The van der Waals surface area contributed by atoms with Gasteiger partial charge in [-0.05, 0) is 95.5 Å². The van der Waals surface area contributed by atoms with Gasteiger partial charge in [0.2, 0.25) is 5.79 Å². The lowest BCUT2D eigenvalue weighted by atomic mass is 9.81. The topological polar surface area (TPSA) is 182 Å². The maximum Gasteiger partial charge on any atom is 0.329 e. The molecule has 0 aromatic rings. The van der Waals surface area contributed by atoms with E-state index in [0.717, 1.165) is 5.57 Å². The van der Waals surface area contributed by atoms with Crippen LogP contribution < -0.4 is 0 Å². The van der Waals surface area contributed by atoms with Gasteiger partial charge in [0.05, 0.1) is 30.5 Å². The van der Waals surface area contributed by atoms with Crippen LogP contribution in [0.4, 0.5) is 0 Å². The second-order valence-corrected chi connectivity index (χ2v) is 17.4. The van der Waals surface area contributed by atoms with Crippen molar-refractivity contribution < 1.29 is 58.5 Å². The number of carbonyl (C=O) groups is 3. The van der Waals surface area contributed by atoms with Gasteiger partial charge in [0, 0.05) is 52.0 Å². The molecule has 0 aromatic heterocycles. The number of aliphatic hydroxyl groups excluding tert-OH is 3. The van der Waals surface area contributed by atoms with Crippen molar-refractivity contribution >= 4 is 17.7 Å². The molecule has 57 heavy (non-hydrogen) atoms. The van der Waals surface area contributed by atoms with Gasteiger partial charge < -0.3 is 49.0 Å². The number of Topliss-reactive ketones (excluding diaryl/α,β-unsaturated/α-hetero) is 1. The first kappa shape index (κ1) is 47.2. The van der Waals surface area contributed by atoms with E-state index in [4.69, 9.17) is 23.7 Å². The van der Waals surface area contributed by atoms with Crippen molar-refractivity contribution in [2.75, 3.05) is 27.9 Å². The first-order chi connectivity index (χ1) is 27.0. The first-order valence-electron chi connectivity index (χ1n) is 21.0. The Hall–Kier alpha value is -2.49. The van der Waals surface area contributed by atoms with Gasteiger partial charge in [-0.25, -0.2) is 4.79 Å². The molecule has 3 aliphatic heterocycles. The monoisotopic (exact) mass is 805 g/mol. The van der Waals surface area contributed by atoms with Gasteiger partial charge in [0.15, 0.2) is 6.10 Å². The molecule has 0 aromatic carbocycles. The number of aliphatic hydroxyl groups is 4. The minimum atomic E-state index is -2.32. The summed E-state index contributed by atoms with van der Waals surface area (Å²) in [6.45, 7) is 13.3. The Balaban J connectivity index is 1.77. The smallest absolute Gasteiger partial charge is 0.329 e.